The molecular weight excluding hydrogens is 448 g/mol. The van der Waals surface area contributed by atoms with Gasteiger partial charge >= 0.3 is 0 Å². The molecule has 0 aliphatic carbocycles. The summed E-state index contributed by atoms with van der Waals surface area (Å²) in [5.41, 5.74) is 6.14. The lowest BCUT2D eigenvalue weighted by Gasteiger charge is -2.10. The summed E-state index contributed by atoms with van der Waals surface area (Å²) in [7, 11) is 0. The molecule has 0 unspecified atom stereocenters. The Labute approximate surface area is 202 Å². The van der Waals surface area contributed by atoms with Crippen LogP contribution in [0.15, 0.2) is 101 Å². The van der Waals surface area contributed by atoms with Gasteiger partial charge in [0.1, 0.15) is 16.8 Å². The Hall–Kier alpha value is -4.41. The fraction of sp³-hybridized carbons (Fsp3) is 0. The zero-order valence-electron chi connectivity index (χ0n) is 18.4. The van der Waals surface area contributed by atoms with Crippen LogP contribution in [0.5, 0.6) is 0 Å². The zero-order chi connectivity index (χ0) is 22.7. The first-order chi connectivity index (χ1) is 17.3. The van der Waals surface area contributed by atoms with Crippen LogP contribution in [0.2, 0.25) is 0 Å². The number of hydrogen-bond donors (Lipinski definition) is 0. The fourth-order valence-electron chi connectivity index (χ4n) is 5.84. The van der Waals surface area contributed by atoms with Gasteiger partial charge in [0.2, 0.25) is 0 Å². The average Bonchev–Trinajstić information content (AvgIpc) is 3.58. The van der Waals surface area contributed by atoms with Gasteiger partial charge in [-0.15, -0.1) is 11.3 Å². The smallest absolute Gasteiger partial charge is 0.146 e. The number of furan rings is 1. The van der Waals surface area contributed by atoms with Gasteiger partial charge in [0.25, 0.3) is 0 Å². The summed E-state index contributed by atoms with van der Waals surface area (Å²) < 4.78 is 11.3. The van der Waals surface area contributed by atoms with Crippen molar-refractivity contribution in [3.8, 4) is 0 Å². The number of imidazole rings is 1. The minimum atomic E-state index is 0.915. The van der Waals surface area contributed by atoms with Crippen LogP contribution in [0.4, 0.5) is 0 Å². The summed E-state index contributed by atoms with van der Waals surface area (Å²) in [5, 5.41) is 8.47. The Morgan fingerprint density at radius 1 is 0.600 bits per heavy atom. The molecule has 0 amide bonds. The fourth-order valence-corrected chi connectivity index (χ4v) is 7.10. The molecule has 3 nitrogen and oxygen atoms in total. The maximum Gasteiger partial charge on any atom is 0.146 e. The first-order valence-electron chi connectivity index (χ1n) is 11.7. The van der Waals surface area contributed by atoms with Crippen molar-refractivity contribution in [3.05, 3.63) is 97.1 Å². The average molecular weight is 465 g/mol. The van der Waals surface area contributed by atoms with E-state index >= 15 is 0 Å². The predicted octanol–water partition coefficient (Wildman–Crippen LogP) is 9.06. The first kappa shape index (κ1) is 18.0. The Morgan fingerprint density at radius 3 is 2.40 bits per heavy atom. The third-order valence-corrected chi connectivity index (χ3v) is 8.56. The molecule has 0 spiro atoms. The third-order valence-electron chi connectivity index (χ3n) is 7.35. The molecule has 0 aliphatic heterocycles. The number of hydrogen-bond acceptors (Lipinski definition) is 3. The van der Waals surface area contributed by atoms with E-state index in [1.165, 1.54) is 36.5 Å². The number of rotatable bonds is 0. The Kier molecular flexibility index (Phi) is 3.17. The maximum atomic E-state index is 6.33. The highest BCUT2D eigenvalue weighted by molar-refractivity contribution is 7.26. The molecule has 0 aliphatic rings. The number of pyridine rings is 1. The van der Waals surface area contributed by atoms with Crippen LogP contribution >= 0.6 is 11.3 Å². The van der Waals surface area contributed by atoms with Crippen LogP contribution < -0.4 is 0 Å². The molecule has 9 aromatic rings. The molecular formula is C31H16N2OS. The largest absolute Gasteiger partial charge is 0.456 e. The van der Waals surface area contributed by atoms with Crippen LogP contribution in [-0.4, -0.2) is 9.38 Å². The second kappa shape index (κ2) is 6.17. The Bertz CT molecular complexity index is 2330. The van der Waals surface area contributed by atoms with Gasteiger partial charge in [-0.25, -0.2) is 4.98 Å². The van der Waals surface area contributed by atoms with E-state index < -0.39 is 0 Å². The molecule has 0 saturated heterocycles. The minimum absolute atomic E-state index is 0.915. The van der Waals surface area contributed by atoms with Gasteiger partial charge in [0, 0.05) is 41.7 Å². The first-order valence-corrected chi connectivity index (χ1v) is 12.5. The standard InChI is InChI=1S/C31H16N2OS/c1-5-11-26-17(7-1)20-15-22-21(16-27(20)34-26)29-25(33-24-10-4-3-9-23(24)32-31(22)33)14-13-19-18-8-2-6-12-28(18)35-30(19)29/h1-16H. The van der Waals surface area contributed by atoms with Crippen molar-refractivity contribution in [3.63, 3.8) is 0 Å². The van der Waals surface area contributed by atoms with E-state index in [0.717, 1.165) is 44.0 Å². The van der Waals surface area contributed by atoms with Gasteiger partial charge < -0.3 is 4.42 Å². The molecule has 0 radical (unpaired) electrons. The van der Waals surface area contributed by atoms with Crippen molar-refractivity contribution in [1.29, 1.82) is 0 Å². The molecule has 9 rings (SSSR count). The van der Waals surface area contributed by atoms with Crippen molar-refractivity contribution in [2.75, 3.05) is 0 Å². The van der Waals surface area contributed by atoms with Gasteiger partial charge in [-0.05, 0) is 47.9 Å². The summed E-state index contributed by atoms with van der Waals surface area (Å²) in [5.74, 6) is 0. The second-order valence-corrected chi connectivity index (χ2v) is 10.2. The summed E-state index contributed by atoms with van der Waals surface area (Å²) in [6.45, 7) is 0. The van der Waals surface area contributed by atoms with Crippen molar-refractivity contribution >= 4 is 91.8 Å². The number of benzene rings is 5. The van der Waals surface area contributed by atoms with Crippen LogP contribution in [0, 0.1) is 0 Å². The lowest BCUT2D eigenvalue weighted by molar-refractivity contribution is 0.669. The highest BCUT2D eigenvalue weighted by Gasteiger charge is 2.19. The van der Waals surface area contributed by atoms with Gasteiger partial charge in [-0.1, -0.05) is 54.6 Å². The Balaban J connectivity index is 1.64. The van der Waals surface area contributed by atoms with E-state index in [9.17, 15) is 0 Å². The van der Waals surface area contributed by atoms with Crippen molar-refractivity contribution < 1.29 is 4.42 Å². The second-order valence-electron chi connectivity index (χ2n) is 9.19. The normalized spacial score (nSPS) is 12.6. The molecule has 0 N–H and O–H groups in total. The molecule has 0 fully saturated rings. The van der Waals surface area contributed by atoms with E-state index in [-0.39, 0.29) is 0 Å². The zero-order valence-corrected chi connectivity index (χ0v) is 19.3. The van der Waals surface area contributed by atoms with Crippen molar-refractivity contribution in [1.82, 2.24) is 9.38 Å². The molecule has 4 aromatic heterocycles. The van der Waals surface area contributed by atoms with Crippen molar-refractivity contribution in [2.24, 2.45) is 0 Å². The summed E-state index contributed by atoms with van der Waals surface area (Å²) in [4.78, 5) is 5.12. The minimum Gasteiger partial charge on any atom is -0.456 e. The SMILES string of the molecule is c1ccc2c(c1)nc1c3cc4c(cc3c3c5sc6ccccc6c5ccc3n21)oc1ccccc14. The van der Waals surface area contributed by atoms with E-state index in [0.29, 0.717) is 0 Å². The van der Waals surface area contributed by atoms with Gasteiger partial charge in [-0.3, -0.25) is 4.40 Å². The number of nitrogens with zero attached hydrogens (tertiary/aromatic N) is 2. The van der Waals surface area contributed by atoms with Crippen LogP contribution in [-0.2, 0) is 0 Å². The Morgan fingerprint density at radius 2 is 1.43 bits per heavy atom. The van der Waals surface area contributed by atoms with E-state index in [2.05, 4.69) is 89.3 Å². The number of thiophene rings is 1. The van der Waals surface area contributed by atoms with Gasteiger partial charge in [-0.2, -0.15) is 0 Å². The number of fused-ring (bicyclic) bond motifs is 15. The molecule has 0 bridgehead atoms. The van der Waals surface area contributed by atoms with E-state index in [4.69, 9.17) is 9.40 Å². The molecule has 4 heterocycles. The van der Waals surface area contributed by atoms with Crippen LogP contribution in [0.25, 0.3) is 80.5 Å². The topological polar surface area (TPSA) is 30.4 Å². The molecule has 0 saturated carbocycles. The molecule has 0 atom stereocenters. The summed E-state index contributed by atoms with van der Waals surface area (Å²) in [6, 6.07) is 34.4. The predicted molar refractivity (Wildman–Crippen MR) is 148 cm³/mol. The lowest BCUT2D eigenvalue weighted by atomic mass is 10.0. The van der Waals surface area contributed by atoms with Gasteiger partial charge in [0.05, 0.1) is 16.6 Å². The quantitative estimate of drug-likeness (QED) is 0.210. The summed E-state index contributed by atoms with van der Waals surface area (Å²) in [6.07, 6.45) is 0. The highest BCUT2D eigenvalue weighted by Crippen LogP contribution is 2.44. The lowest BCUT2D eigenvalue weighted by Crippen LogP contribution is -1.91. The molecule has 4 heteroatoms. The molecule has 162 valence electrons. The molecule has 35 heavy (non-hydrogen) atoms. The van der Waals surface area contributed by atoms with E-state index in [1.807, 2.05) is 23.5 Å². The molecule has 5 aromatic carbocycles. The number of aromatic nitrogens is 2. The third kappa shape index (κ3) is 2.18. The van der Waals surface area contributed by atoms with E-state index in [1.54, 1.807) is 0 Å². The monoisotopic (exact) mass is 464 g/mol. The van der Waals surface area contributed by atoms with Crippen molar-refractivity contribution in [2.45, 2.75) is 0 Å². The highest BCUT2D eigenvalue weighted by atomic mass is 32.1. The van der Waals surface area contributed by atoms with Crippen LogP contribution in [0.3, 0.4) is 0 Å². The van der Waals surface area contributed by atoms with Gasteiger partial charge in [0.15, 0.2) is 0 Å². The van der Waals surface area contributed by atoms with Crippen LogP contribution in [0.1, 0.15) is 0 Å². The maximum absolute atomic E-state index is 6.33. The summed E-state index contributed by atoms with van der Waals surface area (Å²) >= 11 is 1.87. The number of para-hydroxylation sites is 3.